The van der Waals surface area contributed by atoms with Gasteiger partial charge in [0.1, 0.15) is 0 Å². The first kappa shape index (κ1) is 12.0. The second kappa shape index (κ2) is 5.31. The Morgan fingerprint density at radius 3 is 2.88 bits per heavy atom. The summed E-state index contributed by atoms with van der Waals surface area (Å²) in [6, 6.07) is 6.63. The van der Waals surface area contributed by atoms with Crippen LogP contribution in [-0.2, 0) is 4.74 Å². The second-order valence-corrected chi connectivity index (χ2v) is 6.77. The van der Waals surface area contributed by atoms with Crippen LogP contribution in [-0.4, -0.2) is 24.9 Å². The molecule has 1 unspecified atom stereocenters. The van der Waals surface area contributed by atoms with Gasteiger partial charge in [-0.15, -0.1) is 11.8 Å². The fraction of sp³-hybridized carbons (Fsp3) is 0.538. The highest BCUT2D eigenvalue weighted by Crippen LogP contribution is 2.42. The molecule has 1 aliphatic carbocycles. The Balaban J connectivity index is 1.74. The van der Waals surface area contributed by atoms with E-state index in [1.165, 1.54) is 27.8 Å². The first-order valence-corrected chi connectivity index (χ1v) is 7.78. The second-order valence-electron chi connectivity index (χ2n) is 4.57. The predicted octanol–water partition coefficient (Wildman–Crippen LogP) is 3.36. The first-order chi connectivity index (χ1) is 8.33. The lowest BCUT2D eigenvalue weighted by molar-refractivity contribution is 0.0276. The van der Waals surface area contributed by atoms with Crippen molar-refractivity contribution < 1.29 is 4.74 Å². The van der Waals surface area contributed by atoms with Gasteiger partial charge < -0.3 is 10.1 Å². The molecular formula is C13H16BrNOS. The highest BCUT2D eigenvalue weighted by molar-refractivity contribution is 9.10. The van der Waals surface area contributed by atoms with Gasteiger partial charge in [0.25, 0.3) is 0 Å². The number of hydrogen-bond acceptors (Lipinski definition) is 3. The van der Waals surface area contributed by atoms with Crippen molar-refractivity contribution in [3.05, 3.63) is 28.2 Å². The van der Waals surface area contributed by atoms with Crippen LogP contribution in [0.3, 0.4) is 0 Å². The van der Waals surface area contributed by atoms with Gasteiger partial charge in [-0.1, -0.05) is 6.07 Å². The standard InChI is InChI=1S/C13H16BrNOS/c14-11-7-9(12-8-15-5-6-16-12)1-4-13(11)17-10-2-3-10/h1,4,7,10,12,15H,2-3,5-6,8H2. The summed E-state index contributed by atoms with van der Waals surface area (Å²) in [7, 11) is 0. The highest BCUT2D eigenvalue weighted by atomic mass is 79.9. The van der Waals surface area contributed by atoms with Crippen molar-refractivity contribution in [1.82, 2.24) is 5.32 Å². The average molecular weight is 314 g/mol. The van der Waals surface area contributed by atoms with Gasteiger partial charge in [0.05, 0.1) is 12.7 Å². The van der Waals surface area contributed by atoms with Crippen LogP contribution in [0.1, 0.15) is 24.5 Å². The van der Waals surface area contributed by atoms with Crippen molar-refractivity contribution in [1.29, 1.82) is 0 Å². The van der Waals surface area contributed by atoms with Crippen molar-refractivity contribution in [2.75, 3.05) is 19.7 Å². The maximum atomic E-state index is 5.76. The molecule has 2 nitrogen and oxygen atoms in total. The third-order valence-electron chi connectivity index (χ3n) is 3.07. The number of nitrogens with one attached hydrogen (secondary N) is 1. The molecule has 1 aromatic carbocycles. The molecule has 0 spiro atoms. The van der Waals surface area contributed by atoms with Gasteiger partial charge in [0, 0.05) is 27.7 Å². The van der Waals surface area contributed by atoms with Crippen LogP contribution in [0, 0.1) is 0 Å². The SMILES string of the molecule is Brc1cc(C2CNCCO2)ccc1SC1CC1. The van der Waals surface area contributed by atoms with Crippen LogP contribution in [0.15, 0.2) is 27.6 Å². The van der Waals surface area contributed by atoms with E-state index < -0.39 is 0 Å². The molecule has 0 aromatic heterocycles. The molecule has 1 heterocycles. The number of hydrogen-bond donors (Lipinski definition) is 1. The molecule has 1 saturated heterocycles. The third kappa shape index (κ3) is 3.05. The van der Waals surface area contributed by atoms with Crippen molar-refractivity contribution in [3.63, 3.8) is 0 Å². The number of rotatable bonds is 3. The number of ether oxygens (including phenoxy) is 1. The van der Waals surface area contributed by atoms with Gasteiger partial charge >= 0.3 is 0 Å². The lowest BCUT2D eigenvalue weighted by atomic mass is 10.1. The number of morpholine rings is 1. The number of thioether (sulfide) groups is 1. The van der Waals surface area contributed by atoms with E-state index in [0.29, 0.717) is 0 Å². The van der Waals surface area contributed by atoms with E-state index in [9.17, 15) is 0 Å². The maximum absolute atomic E-state index is 5.76. The Bertz CT molecular complexity index is 402. The van der Waals surface area contributed by atoms with Crippen LogP contribution in [0.5, 0.6) is 0 Å². The molecule has 1 atom stereocenters. The van der Waals surface area contributed by atoms with Crippen molar-refractivity contribution in [3.8, 4) is 0 Å². The van der Waals surface area contributed by atoms with Crippen LogP contribution in [0.25, 0.3) is 0 Å². The highest BCUT2D eigenvalue weighted by Gasteiger charge is 2.24. The van der Waals surface area contributed by atoms with Crippen LogP contribution < -0.4 is 5.32 Å². The van der Waals surface area contributed by atoms with Gasteiger partial charge in [0.2, 0.25) is 0 Å². The number of benzene rings is 1. The Morgan fingerprint density at radius 2 is 2.24 bits per heavy atom. The molecule has 17 heavy (non-hydrogen) atoms. The zero-order chi connectivity index (χ0) is 11.7. The molecule has 3 rings (SSSR count). The lowest BCUT2D eigenvalue weighted by Gasteiger charge is -2.24. The molecule has 0 radical (unpaired) electrons. The summed E-state index contributed by atoms with van der Waals surface area (Å²) in [5.74, 6) is 0. The Kier molecular flexibility index (Phi) is 3.75. The summed E-state index contributed by atoms with van der Waals surface area (Å²) >= 11 is 5.66. The number of halogens is 1. The summed E-state index contributed by atoms with van der Waals surface area (Å²) in [5.41, 5.74) is 1.27. The summed E-state index contributed by atoms with van der Waals surface area (Å²) in [4.78, 5) is 1.36. The monoisotopic (exact) mass is 313 g/mol. The van der Waals surface area contributed by atoms with Crippen molar-refractivity contribution in [2.45, 2.75) is 29.1 Å². The van der Waals surface area contributed by atoms with Crippen LogP contribution in [0.4, 0.5) is 0 Å². The fourth-order valence-corrected chi connectivity index (χ4v) is 3.68. The fourth-order valence-electron chi connectivity index (χ4n) is 1.96. The molecule has 1 aromatic rings. The smallest absolute Gasteiger partial charge is 0.0950 e. The van der Waals surface area contributed by atoms with Crippen LogP contribution in [0.2, 0.25) is 0 Å². The van der Waals surface area contributed by atoms with Crippen molar-refractivity contribution in [2.24, 2.45) is 0 Å². The minimum absolute atomic E-state index is 0.208. The van der Waals surface area contributed by atoms with Gasteiger partial charge in [-0.25, -0.2) is 0 Å². The molecule has 1 aliphatic heterocycles. The molecule has 0 bridgehead atoms. The van der Waals surface area contributed by atoms with E-state index in [1.807, 2.05) is 11.8 Å². The molecule has 2 aliphatic rings. The minimum atomic E-state index is 0.208. The molecule has 0 amide bonds. The largest absolute Gasteiger partial charge is 0.371 e. The lowest BCUT2D eigenvalue weighted by Crippen LogP contribution is -2.33. The molecule has 92 valence electrons. The normalized spacial score (nSPS) is 24.9. The van der Waals surface area contributed by atoms with E-state index >= 15 is 0 Å². The maximum Gasteiger partial charge on any atom is 0.0950 e. The predicted molar refractivity (Wildman–Crippen MR) is 74.6 cm³/mol. The molecule has 1 N–H and O–H groups in total. The quantitative estimate of drug-likeness (QED) is 0.924. The van der Waals surface area contributed by atoms with E-state index in [-0.39, 0.29) is 6.10 Å². The molecule has 2 fully saturated rings. The Labute approximate surface area is 115 Å². The summed E-state index contributed by atoms with van der Waals surface area (Å²) in [5, 5.41) is 4.22. The van der Waals surface area contributed by atoms with Crippen molar-refractivity contribution >= 4 is 27.7 Å². The van der Waals surface area contributed by atoms with Gasteiger partial charge in [-0.05, 0) is 46.5 Å². The topological polar surface area (TPSA) is 21.3 Å². The zero-order valence-corrected chi connectivity index (χ0v) is 12.0. The van der Waals surface area contributed by atoms with E-state index in [2.05, 4.69) is 39.4 Å². The van der Waals surface area contributed by atoms with Crippen LogP contribution >= 0.6 is 27.7 Å². The Morgan fingerprint density at radius 1 is 1.35 bits per heavy atom. The molecule has 1 saturated carbocycles. The van der Waals surface area contributed by atoms with Gasteiger partial charge in [-0.3, -0.25) is 0 Å². The molecule has 4 heteroatoms. The van der Waals surface area contributed by atoms with Gasteiger partial charge in [0.15, 0.2) is 0 Å². The molecular weight excluding hydrogens is 298 g/mol. The minimum Gasteiger partial charge on any atom is -0.371 e. The summed E-state index contributed by atoms with van der Waals surface area (Å²) in [6.07, 6.45) is 2.95. The third-order valence-corrected chi connectivity index (χ3v) is 5.41. The zero-order valence-electron chi connectivity index (χ0n) is 9.62. The summed E-state index contributed by atoms with van der Waals surface area (Å²) < 4.78 is 6.97. The van der Waals surface area contributed by atoms with Gasteiger partial charge in [-0.2, -0.15) is 0 Å². The van der Waals surface area contributed by atoms with E-state index in [0.717, 1.165) is 24.9 Å². The first-order valence-electron chi connectivity index (χ1n) is 6.11. The summed E-state index contributed by atoms with van der Waals surface area (Å²) in [6.45, 7) is 2.69. The van der Waals surface area contributed by atoms with E-state index in [1.54, 1.807) is 0 Å². The average Bonchev–Trinajstić information content (AvgIpc) is 3.17. The van der Waals surface area contributed by atoms with E-state index in [4.69, 9.17) is 4.74 Å². The Hall–Kier alpha value is -0.0300.